The van der Waals surface area contributed by atoms with E-state index < -0.39 is 29.2 Å². The molecular formula is C21H18ClN3O5. The lowest BCUT2D eigenvalue weighted by Crippen LogP contribution is -2.48. The average molecular weight is 428 g/mol. The highest BCUT2D eigenvalue weighted by Gasteiger charge is 2.67. The Morgan fingerprint density at radius 1 is 1.20 bits per heavy atom. The number of hydrazone groups is 1. The summed E-state index contributed by atoms with van der Waals surface area (Å²) in [5.74, 6) is -2.78. The number of anilines is 1. The number of nitrogens with one attached hydrogen (secondary N) is 1. The van der Waals surface area contributed by atoms with Gasteiger partial charge in [-0.25, -0.2) is 9.69 Å². The van der Waals surface area contributed by atoms with Gasteiger partial charge in [0.05, 0.1) is 19.4 Å². The molecule has 0 aliphatic carbocycles. The van der Waals surface area contributed by atoms with E-state index in [0.717, 1.165) is 4.90 Å². The molecule has 0 spiro atoms. The summed E-state index contributed by atoms with van der Waals surface area (Å²) >= 11 is 6.01. The number of hydrogen-bond donors (Lipinski definition) is 1. The zero-order chi connectivity index (χ0) is 21.5. The fourth-order valence-corrected chi connectivity index (χ4v) is 3.97. The van der Waals surface area contributed by atoms with Crippen molar-refractivity contribution in [2.75, 3.05) is 18.6 Å². The van der Waals surface area contributed by atoms with Gasteiger partial charge in [-0.05, 0) is 36.8 Å². The van der Waals surface area contributed by atoms with Crippen LogP contribution in [0, 0.1) is 5.92 Å². The van der Waals surface area contributed by atoms with Crippen molar-refractivity contribution in [1.82, 2.24) is 5.43 Å². The van der Waals surface area contributed by atoms with Crippen molar-refractivity contribution in [3.05, 3.63) is 59.1 Å². The van der Waals surface area contributed by atoms with Crippen molar-refractivity contribution in [2.24, 2.45) is 11.0 Å². The number of imide groups is 1. The summed E-state index contributed by atoms with van der Waals surface area (Å²) in [7, 11) is 1.45. The Morgan fingerprint density at radius 2 is 1.90 bits per heavy atom. The van der Waals surface area contributed by atoms with Gasteiger partial charge in [0, 0.05) is 5.02 Å². The normalized spacial score (nSPS) is 22.4. The van der Waals surface area contributed by atoms with Gasteiger partial charge in [-0.15, -0.1) is 0 Å². The maximum absolute atomic E-state index is 13.7. The van der Waals surface area contributed by atoms with Gasteiger partial charge in [-0.3, -0.25) is 15.0 Å². The number of nitrogens with zero attached hydrogens (tertiary/aromatic N) is 2. The Morgan fingerprint density at radius 3 is 2.57 bits per heavy atom. The summed E-state index contributed by atoms with van der Waals surface area (Å²) in [5.41, 5.74) is 1.76. The van der Waals surface area contributed by atoms with Gasteiger partial charge in [0.25, 0.3) is 5.91 Å². The van der Waals surface area contributed by atoms with Crippen LogP contribution in [0.2, 0.25) is 5.02 Å². The summed E-state index contributed by atoms with van der Waals surface area (Å²) < 4.78 is 10.4. The van der Waals surface area contributed by atoms with Gasteiger partial charge >= 0.3 is 5.97 Å². The van der Waals surface area contributed by atoms with Gasteiger partial charge in [-0.2, -0.15) is 5.10 Å². The average Bonchev–Trinajstić information content (AvgIpc) is 3.25. The van der Waals surface area contributed by atoms with Crippen LogP contribution in [0.3, 0.4) is 0 Å². The fraction of sp³-hybridized carbons (Fsp3) is 0.238. The monoisotopic (exact) mass is 427 g/mol. The standard InChI is InChI=1S/C21H18ClN3O5/c1-3-30-19(27)17-16-18(26)25(14-6-4-5-7-15(14)29-2)20(28)21(16,24-23-17)12-8-10-13(22)11-9-12/h4-11,16,24H,3H2,1-2H3. The van der Waals surface area contributed by atoms with E-state index in [4.69, 9.17) is 21.1 Å². The molecule has 9 heteroatoms. The fourth-order valence-electron chi connectivity index (χ4n) is 3.84. The van der Waals surface area contributed by atoms with Crippen LogP contribution in [-0.2, 0) is 24.7 Å². The molecule has 2 heterocycles. The van der Waals surface area contributed by atoms with E-state index in [1.54, 1.807) is 55.5 Å². The van der Waals surface area contributed by atoms with Crippen LogP contribution >= 0.6 is 11.6 Å². The Kier molecular flexibility index (Phi) is 4.95. The lowest BCUT2D eigenvalue weighted by molar-refractivity contribution is -0.136. The van der Waals surface area contributed by atoms with Crippen molar-refractivity contribution < 1.29 is 23.9 Å². The van der Waals surface area contributed by atoms with Gasteiger partial charge in [0.15, 0.2) is 11.3 Å². The molecule has 2 unspecified atom stereocenters. The van der Waals surface area contributed by atoms with Crippen LogP contribution in [0.4, 0.5) is 5.69 Å². The third-order valence-corrected chi connectivity index (χ3v) is 5.43. The molecule has 0 radical (unpaired) electrons. The third kappa shape index (κ3) is 2.75. The van der Waals surface area contributed by atoms with Crippen LogP contribution in [0.25, 0.3) is 0 Å². The Labute approximate surface area is 177 Å². The first kappa shape index (κ1) is 19.9. The van der Waals surface area contributed by atoms with Crippen molar-refractivity contribution >= 4 is 40.8 Å². The number of carbonyl (C=O) groups is 3. The maximum Gasteiger partial charge on any atom is 0.355 e. The van der Waals surface area contributed by atoms with Gasteiger partial charge in [0.2, 0.25) is 5.91 Å². The second-order valence-electron chi connectivity index (χ2n) is 6.73. The molecule has 0 bridgehead atoms. The number of para-hydroxylation sites is 2. The second kappa shape index (κ2) is 7.46. The number of amides is 2. The Balaban J connectivity index is 1.89. The molecule has 8 nitrogen and oxygen atoms in total. The predicted molar refractivity (Wildman–Crippen MR) is 109 cm³/mol. The number of hydrogen-bond acceptors (Lipinski definition) is 7. The van der Waals surface area contributed by atoms with Crippen LogP contribution in [0.5, 0.6) is 5.75 Å². The number of carbonyl (C=O) groups excluding carboxylic acids is 3. The van der Waals surface area contributed by atoms with E-state index in [-0.39, 0.29) is 18.0 Å². The summed E-state index contributed by atoms with van der Waals surface area (Å²) in [6.45, 7) is 1.76. The molecule has 1 saturated heterocycles. The maximum atomic E-state index is 13.7. The molecule has 30 heavy (non-hydrogen) atoms. The van der Waals surface area contributed by atoms with E-state index in [0.29, 0.717) is 16.3 Å². The van der Waals surface area contributed by atoms with Crippen LogP contribution < -0.4 is 15.1 Å². The predicted octanol–water partition coefficient (Wildman–Crippen LogP) is 2.26. The number of esters is 1. The lowest BCUT2D eigenvalue weighted by atomic mass is 9.79. The van der Waals surface area contributed by atoms with E-state index in [2.05, 4.69) is 10.5 Å². The summed E-state index contributed by atoms with van der Waals surface area (Å²) in [5, 5.41) is 4.51. The first-order valence-electron chi connectivity index (χ1n) is 9.25. The topological polar surface area (TPSA) is 97.3 Å². The largest absolute Gasteiger partial charge is 0.495 e. The van der Waals surface area contributed by atoms with E-state index in [1.165, 1.54) is 7.11 Å². The van der Waals surface area contributed by atoms with Gasteiger partial charge < -0.3 is 9.47 Å². The third-order valence-electron chi connectivity index (χ3n) is 5.18. The van der Waals surface area contributed by atoms with Crippen molar-refractivity contribution in [3.8, 4) is 5.75 Å². The molecule has 2 aliphatic rings. The second-order valence-corrected chi connectivity index (χ2v) is 7.16. The van der Waals surface area contributed by atoms with Crippen LogP contribution in [-0.4, -0.2) is 37.2 Å². The van der Waals surface area contributed by atoms with Crippen LogP contribution in [0.1, 0.15) is 12.5 Å². The highest BCUT2D eigenvalue weighted by atomic mass is 35.5. The first-order chi connectivity index (χ1) is 14.5. The molecular weight excluding hydrogens is 410 g/mol. The SMILES string of the molecule is CCOC(=O)C1=NNC2(c3ccc(Cl)cc3)C(=O)N(c3ccccc3OC)C(=O)C12. The van der Waals surface area contributed by atoms with Crippen molar-refractivity contribution in [2.45, 2.75) is 12.5 Å². The Hall–Kier alpha value is -3.39. The van der Waals surface area contributed by atoms with Gasteiger partial charge in [-0.1, -0.05) is 35.9 Å². The lowest BCUT2D eigenvalue weighted by Gasteiger charge is -2.26. The minimum atomic E-state index is -1.59. The van der Waals surface area contributed by atoms with Gasteiger partial charge in [0.1, 0.15) is 11.7 Å². The van der Waals surface area contributed by atoms with Crippen molar-refractivity contribution in [1.29, 1.82) is 0 Å². The highest BCUT2D eigenvalue weighted by molar-refractivity contribution is 6.47. The molecule has 0 saturated carbocycles. The molecule has 2 amide bonds. The minimum absolute atomic E-state index is 0.108. The summed E-state index contributed by atoms with van der Waals surface area (Å²) in [4.78, 5) is 40.8. The Bertz CT molecular complexity index is 1070. The number of fused-ring (bicyclic) bond motifs is 1. The zero-order valence-corrected chi connectivity index (χ0v) is 17.0. The number of rotatable bonds is 5. The smallest absolute Gasteiger partial charge is 0.355 e. The summed E-state index contributed by atoms with van der Waals surface area (Å²) in [6.07, 6.45) is 0. The van der Waals surface area contributed by atoms with Crippen LogP contribution in [0.15, 0.2) is 53.6 Å². The van der Waals surface area contributed by atoms with Crippen molar-refractivity contribution in [3.63, 3.8) is 0 Å². The molecule has 1 fully saturated rings. The van der Waals surface area contributed by atoms with E-state index in [9.17, 15) is 14.4 Å². The quantitative estimate of drug-likeness (QED) is 0.580. The number of methoxy groups -OCH3 is 1. The molecule has 2 aliphatic heterocycles. The zero-order valence-electron chi connectivity index (χ0n) is 16.2. The minimum Gasteiger partial charge on any atom is -0.495 e. The molecule has 4 rings (SSSR count). The first-order valence-corrected chi connectivity index (χ1v) is 9.62. The summed E-state index contributed by atoms with van der Waals surface area (Å²) in [6, 6.07) is 13.1. The van der Waals surface area contributed by atoms with E-state index >= 15 is 0 Å². The molecule has 1 N–H and O–H groups in total. The molecule has 0 aromatic heterocycles. The number of halogens is 1. The molecule has 2 aromatic carbocycles. The number of ether oxygens (including phenoxy) is 2. The highest BCUT2D eigenvalue weighted by Crippen LogP contribution is 2.46. The van der Waals surface area contributed by atoms with E-state index in [1.807, 2.05) is 0 Å². The number of benzene rings is 2. The molecule has 2 aromatic rings. The molecule has 2 atom stereocenters. The molecule has 154 valence electrons.